The van der Waals surface area contributed by atoms with E-state index in [4.69, 9.17) is 0 Å². The molecular formula is O6Zn6. The molecule has 6 nitrogen and oxygen atoms in total. The molecule has 0 aromatic carbocycles. The van der Waals surface area contributed by atoms with Gasteiger partial charge in [0.05, 0.1) is 0 Å². The summed E-state index contributed by atoms with van der Waals surface area (Å²) < 4.78 is 0. The van der Waals surface area contributed by atoms with Gasteiger partial charge in [-0.25, -0.2) is 0 Å². The molecule has 48 valence electrons. The molecule has 0 saturated carbocycles. The first kappa shape index (κ1) is 266. The molecule has 12 heteroatoms. The van der Waals surface area contributed by atoms with Crippen molar-refractivity contribution < 1.29 is 150 Å². The summed E-state index contributed by atoms with van der Waals surface area (Å²) in [6.45, 7) is 0. The van der Waals surface area contributed by atoms with Gasteiger partial charge in [0.15, 0.2) is 0 Å². The van der Waals surface area contributed by atoms with E-state index in [1.807, 2.05) is 0 Å². The van der Waals surface area contributed by atoms with Crippen molar-refractivity contribution in [2.24, 2.45) is 0 Å². The molecule has 0 aliphatic carbocycles. The molecule has 0 aliphatic rings. The Morgan fingerprint density at radius 2 is 0.167 bits per heavy atom. The second-order valence-corrected chi connectivity index (χ2v) is 0. The van der Waals surface area contributed by atoms with Gasteiger partial charge in [-0.05, 0) is 0 Å². The van der Waals surface area contributed by atoms with Gasteiger partial charge in [-0.15, -0.1) is 0 Å². The second kappa shape index (κ2) is 216. The molecule has 0 aromatic heterocycles. The van der Waals surface area contributed by atoms with E-state index in [2.05, 4.69) is 0 Å². The summed E-state index contributed by atoms with van der Waals surface area (Å²) in [4.78, 5) is 0. The molecule has 0 fully saturated rings. The molecule has 0 heterocycles. The number of rotatable bonds is 0. The summed E-state index contributed by atoms with van der Waals surface area (Å²) in [7, 11) is 0. The molecular weight excluding hydrogens is 488 g/mol. The standard InChI is InChI=1S/6O.6Zn/q6*-2;6*+2. The van der Waals surface area contributed by atoms with Crippen LogP contribution in [-0.2, 0) is 150 Å². The topological polar surface area (TPSA) is 171 Å². The second-order valence-electron chi connectivity index (χ2n) is 0. The fraction of sp³-hybridized carbons (Fsp3) is 0. The monoisotopic (exact) mass is 480 g/mol. The Bertz CT molecular complexity index is 12.0. The molecule has 0 rings (SSSR count). The first-order chi connectivity index (χ1) is 0. The third kappa shape index (κ3) is 172. The fourth-order valence-corrected chi connectivity index (χ4v) is 0. The van der Waals surface area contributed by atoms with Crippen LogP contribution < -0.4 is 0 Å². The van der Waals surface area contributed by atoms with Gasteiger partial charge in [0.25, 0.3) is 0 Å². The molecule has 0 unspecified atom stereocenters. The van der Waals surface area contributed by atoms with Crippen molar-refractivity contribution in [1.82, 2.24) is 0 Å². The Balaban J connectivity index is 0. The van der Waals surface area contributed by atoms with Crippen LogP contribution in [0.4, 0.5) is 0 Å². The van der Waals surface area contributed by atoms with Crippen LogP contribution in [0.3, 0.4) is 0 Å². The van der Waals surface area contributed by atoms with Gasteiger partial charge in [0.2, 0.25) is 0 Å². The third-order valence-electron chi connectivity index (χ3n) is 0. The first-order valence-corrected chi connectivity index (χ1v) is 0. The fourth-order valence-electron chi connectivity index (χ4n) is 0. The molecule has 0 radical (unpaired) electrons. The minimum atomic E-state index is 0. The largest absolute Gasteiger partial charge is 2.00 e. The first-order valence-electron chi connectivity index (χ1n) is 0. The molecule has 0 bridgehead atoms. The molecule has 0 atom stereocenters. The average molecular weight is 488 g/mol. The van der Waals surface area contributed by atoms with Crippen molar-refractivity contribution in [2.75, 3.05) is 0 Å². The maximum Gasteiger partial charge on any atom is 2.00 e. The summed E-state index contributed by atoms with van der Waals surface area (Å²) in [6, 6.07) is 0. The zero-order chi connectivity index (χ0) is 0. The number of hydrogen-bond acceptors (Lipinski definition) is 0. The molecule has 0 spiro atoms. The summed E-state index contributed by atoms with van der Waals surface area (Å²) in [5.41, 5.74) is 0. The van der Waals surface area contributed by atoms with Crippen molar-refractivity contribution in [3.05, 3.63) is 0 Å². The van der Waals surface area contributed by atoms with Crippen LogP contribution in [0.5, 0.6) is 0 Å². The van der Waals surface area contributed by atoms with Crippen molar-refractivity contribution in [2.45, 2.75) is 0 Å². The van der Waals surface area contributed by atoms with Crippen LogP contribution in [0.2, 0.25) is 0 Å². The van der Waals surface area contributed by atoms with Crippen molar-refractivity contribution in [1.29, 1.82) is 0 Å². The molecule has 0 amide bonds. The summed E-state index contributed by atoms with van der Waals surface area (Å²) in [5.74, 6) is 0. The summed E-state index contributed by atoms with van der Waals surface area (Å²) in [5, 5.41) is 0. The minimum Gasteiger partial charge on any atom is -2.00 e. The summed E-state index contributed by atoms with van der Waals surface area (Å²) in [6.07, 6.45) is 0. The van der Waals surface area contributed by atoms with Gasteiger partial charge in [0, 0.05) is 0 Å². The van der Waals surface area contributed by atoms with E-state index in [1.165, 1.54) is 0 Å². The molecule has 0 saturated heterocycles. The van der Waals surface area contributed by atoms with Crippen LogP contribution >= 0.6 is 0 Å². The quantitative estimate of drug-likeness (QED) is 0.392. The SMILES string of the molecule is [O-2].[O-2].[O-2].[O-2].[O-2].[O-2].[Zn+2].[Zn+2].[Zn+2].[Zn+2].[Zn+2].[Zn+2]. The van der Waals surface area contributed by atoms with E-state index in [0.717, 1.165) is 0 Å². The van der Waals surface area contributed by atoms with Crippen molar-refractivity contribution in [3.63, 3.8) is 0 Å². The normalized spacial score (nSPS) is 0. The Hall–Kier alpha value is 3.50. The van der Waals surface area contributed by atoms with Crippen LogP contribution in [0.1, 0.15) is 0 Å². The molecule has 12 heavy (non-hydrogen) atoms. The van der Waals surface area contributed by atoms with E-state index >= 15 is 0 Å². The van der Waals surface area contributed by atoms with E-state index < -0.39 is 0 Å². The van der Waals surface area contributed by atoms with Crippen LogP contribution in [-0.4, -0.2) is 0 Å². The maximum atomic E-state index is 0. The molecule has 0 aromatic rings. The third-order valence-corrected chi connectivity index (χ3v) is 0. The van der Waals surface area contributed by atoms with Gasteiger partial charge >= 0.3 is 117 Å². The molecule has 0 N–H and O–H groups in total. The smallest absolute Gasteiger partial charge is 2.00 e. The van der Waals surface area contributed by atoms with Gasteiger partial charge in [0.1, 0.15) is 0 Å². The van der Waals surface area contributed by atoms with E-state index in [-0.39, 0.29) is 150 Å². The Morgan fingerprint density at radius 3 is 0.167 bits per heavy atom. The average Bonchev–Trinajstić information content (AvgIpc) is 0. The molecule has 0 aliphatic heterocycles. The Labute approximate surface area is 148 Å². The Morgan fingerprint density at radius 1 is 0.167 bits per heavy atom. The van der Waals surface area contributed by atoms with Gasteiger partial charge in [-0.2, -0.15) is 0 Å². The zero-order valence-corrected chi connectivity index (χ0v) is 24.5. The van der Waals surface area contributed by atoms with E-state index in [1.54, 1.807) is 0 Å². The van der Waals surface area contributed by atoms with Crippen LogP contribution in [0.25, 0.3) is 0 Å². The van der Waals surface area contributed by atoms with Crippen molar-refractivity contribution >= 4 is 0 Å². The zero-order valence-electron chi connectivity index (χ0n) is 6.69. The predicted octanol–water partition coefficient (Wildman–Crippen LogP) is -0.728. The van der Waals surface area contributed by atoms with Gasteiger partial charge in [-0.3, -0.25) is 0 Å². The summed E-state index contributed by atoms with van der Waals surface area (Å²) >= 11 is 0. The minimum absolute atomic E-state index is 0. The van der Waals surface area contributed by atoms with Crippen LogP contribution in [0, 0.1) is 0 Å². The van der Waals surface area contributed by atoms with Gasteiger partial charge in [-0.1, -0.05) is 0 Å². The van der Waals surface area contributed by atoms with E-state index in [9.17, 15) is 0 Å². The van der Waals surface area contributed by atoms with Crippen molar-refractivity contribution in [3.8, 4) is 0 Å². The number of hydrogen-bond donors (Lipinski definition) is 0. The van der Waals surface area contributed by atoms with E-state index in [0.29, 0.717) is 0 Å². The predicted molar refractivity (Wildman–Crippen MR) is 4.12 cm³/mol. The van der Waals surface area contributed by atoms with Crippen LogP contribution in [0.15, 0.2) is 0 Å². The Kier molecular flexibility index (Phi) is 4780. The maximum absolute atomic E-state index is 0. The van der Waals surface area contributed by atoms with Gasteiger partial charge < -0.3 is 32.9 Å².